The van der Waals surface area contributed by atoms with Crippen LogP contribution in [0.1, 0.15) is 176 Å². The molecule has 8 aliphatic rings. The van der Waals surface area contributed by atoms with Crippen LogP contribution in [0, 0.1) is 80.8 Å². The van der Waals surface area contributed by atoms with E-state index in [4.69, 9.17) is 5.11 Å². The number of hydrogen-bond acceptors (Lipinski definition) is 8. The summed E-state index contributed by atoms with van der Waals surface area (Å²) in [5.74, 6) is 7.08. The number of aromatic nitrogens is 4. The van der Waals surface area contributed by atoms with Gasteiger partial charge in [-0.2, -0.15) is 10.2 Å². The molecular formula is C53H85BrN4O6. The topological polar surface area (TPSA) is 162 Å². The second kappa shape index (κ2) is 18.9. The number of ketones is 2. The molecule has 0 amide bonds. The van der Waals surface area contributed by atoms with E-state index in [0.29, 0.717) is 52.0 Å². The molecule has 8 saturated carbocycles. The third-order valence-electron chi connectivity index (χ3n) is 20.7. The maximum Gasteiger partial charge on any atom is 0.157 e. The first-order valence-corrected chi connectivity index (χ1v) is 26.2. The summed E-state index contributed by atoms with van der Waals surface area (Å²) < 4.78 is 1.70. The van der Waals surface area contributed by atoms with Crippen LogP contribution < -0.4 is 0 Å². The molecule has 360 valence electrons. The van der Waals surface area contributed by atoms with E-state index in [1.165, 1.54) is 64.2 Å². The summed E-state index contributed by atoms with van der Waals surface area (Å²) in [6.07, 6.45) is 27.6. The Morgan fingerprint density at radius 2 is 1.12 bits per heavy atom. The number of aliphatic hydroxyl groups excluding tert-OH is 2. The van der Waals surface area contributed by atoms with Gasteiger partial charge in [0.25, 0.3) is 0 Å². The molecule has 8 fully saturated rings. The number of nitrogens with zero attached hydrogens (tertiary/aromatic N) is 3. The maximum absolute atomic E-state index is 13.3. The summed E-state index contributed by atoms with van der Waals surface area (Å²) in [5, 5.41) is 49.9. The first kappa shape index (κ1) is 50.0. The smallest absolute Gasteiger partial charge is 0.157 e. The van der Waals surface area contributed by atoms with Gasteiger partial charge in [0, 0.05) is 35.4 Å². The van der Waals surface area contributed by atoms with Gasteiger partial charge in [-0.15, -0.1) is 0 Å². The molecule has 0 radical (unpaired) electrons. The fourth-order valence-electron chi connectivity index (χ4n) is 17.2. The Labute approximate surface area is 393 Å². The predicted octanol–water partition coefficient (Wildman–Crippen LogP) is 10.3. The lowest BCUT2D eigenvalue weighted by Gasteiger charge is -2.61. The number of aliphatic hydroxyl groups is 4. The lowest BCUT2D eigenvalue weighted by Crippen LogP contribution is -2.55. The Morgan fingerprint density at radius 3 is 1.55 bits per heavy atom. The minimum Gasteiger partial charge on any atom is -0.392 e. The highest BCUT2D eigenvalue weighted by molar-refractivity contribution is 9.09. The molecule has 0 bridgehead atoms. The SMILES string of the molecule is C.C[C@@]1(O)CC[C@@]2(C)[C@H](CC[C@@H]3[C@@H]2CC[C@]2(C)[C@@H](C(=O)CBr)CC[C@@H]32)C1.C[C@@]1(O)CC[C@@]2(C)[C@H](CC[C@@H]3[C@@H]2CC[C@]2(C)[C@@H](C(=O)Cn4cc(CO)cn4)CC[C@@H]32)C1.OCc1cn[nH]c1. The average Bonchev–Trinajstić information content (AvgIpc) is 4.07. The summed E-state index contributed by atoms with van der Waals surface area (Å²) in [6.45, 7) is 14.4. The predicted molar refractivity (Wildman–Crippen MR) is 255 cm³/mol. The minimum atomic E-state index is -0.479. The van der Waals surface area contributed by atoms with Crippen molar-refractivity contribution in [2.24, 2.45) is 80.8 Å². The first-order valence-electron chi connectivity index (χ1n) is 25.1. The zero-order chi connectivity index (χ0) is 45.2. The molecule has 64 heavy (non-hydrogen) atoms. The number of H-pyrrole nitrogens is 1. The Hall–Kier alpha value is -1.92. The Bertz CT molecular complexity index is 1920. The molecule has 0 aliphatic heterocycles. The van der Waals surface area contributed by atoms with Gasteiger partial charge in [-0.1, -0.05) is 51.1 Å². The lowest BCUT2D eigenvalue weighted by molar-refractivity contribution is -0.151. The summed E-state index contributed by atoms with van der Waals surface area (Å²) in [4.78, 5) is 25.9. The third kappa shape index (κ3) is 9.07. The van der Waals surface area contributed by atoms with Crippen LogP contribution >= 0.6 is 15.9 Å². The Balaban J connectivity index is 0.000000166. The molecule has 2 heterocycles. The quantitative estimate of drug-likeness (QED) is 0.171. The van der Waals surface area contributed by atoms with Crippen LogP contribution in [0.5, 0.6) is 0 Å². The van der Waals surface area contributed by atoms with Gasteiger partial charge in [-0.05, 0) is 198 Å². The molecule has 2 aromatic rings. The molecule has 0 unspecified atom stereocenters. The number of carbonyl (C=O) groups excluding carboxylic acids is 2. The molecule has 11 heteroatoms. The van der Waals surface area contributed by atoms with Crippen molar-refractivity contribution >= 4 is 27.5 Å². The van der Waals surface area contributed by atoms with Crippen molar-refractivity contribution in [2.45, 2.75) is 196 Å². The van der Waals surface area contributed by atoms with Gasteiger partial charge in [-0.25, -0.2) is 0 Å². The molecule has 10 rings (SSSR count). The van der Waals surface area contributed by atoms with Crippen molar-refractivity contribution in [1.82, 2.24) is 20.0 Å². The molecule has 10 nitrogen and oxygen atoms in total. The van der Waals surface area contributed by atoms with Gasteiger partial charge < -0.3 is 20.4 Å². The van der Waals surface area contributed by atoms with Gasteiger partial charge in [-0.3, -0.25) is 19.4 Å². The van der Waals surface area contributed by atoms with Crippen molar-refractivity contribution in [3.63, 3.8) is 0 Å². The molecule has 0 saturated heterocycles. The van der Waals surface area contributed by atoms with Crippen molar-refractivity contribution in [3.05, 3.63) is 35.9 Å². The number of alkyl halides is 1. The fraction of sp³-hybridized carbons (Fsp3) is 0.849. The Morgan fingerprint density at radius 1 is 0.641 bits per heavy atom. The number of halogens is 1. The van der Waals surface area contributed by atoms with Gasteiger partial charge >= 0.3 is 0 Å². The fourth-order valence-corrected chi connectivity index (χ4v) is 17.6. The molecular weight excluding hydrogens is 869 g/mol. The maximum atomic E-state index is 13.3. The number of hydrogen-bond donors (Lipinski definition) is 5. The van der Waals surface area contributed by atoms with Crippen LogP contribution in [0.3, 0.4) is 0 Å². The largest absolute Gasteiger partial charge is 0.392 e. The van der Waals surface area contributed by atoms with Crippen molar-refractivity contribution in [3.8, 4) is 0 Å². The highest BCUT2D eigenvalue weighted by atomic mass is 79.9. The number of carbonyl (C=O) groups is 2. The highest BCUT2D eigenvalue weighted by Crippen LogP contribution is 2.70. The van der Waals surface area contributed by atoms with E-state index < -0.39 is 11.2 Å². The molecule has 8 aliphatic carbocycles. The number of fused-ring (bicyclic) bond motifs is 10. The zero-order valence-corrected chi connectivity index (χ0v) is 41.1. The third-order valence-corrected chi connectivity index (χ3v) is 21.3. The number of Topliss-reactive ketones (excluding diaryl/α,β-unsaturated/α-hetero) is 2. The zero-order valence-electron chi connectivity index (χ0n) is 39.5. The van der Waals surface area contributed by atoms with Gasteiger partial charge in [0.2, 0.25) is 0 Å². The van der Waals surface area contributed by atoms with Gasteiger partial charge in [0.1, 0.15) is 5.78 Å². The molecule has 2 aromatic heterocycles. The van der Waals surface area contributed by atoms with Crippen LogP contribution in [0.2, 0.25) is 0 Å². The van der Waals surface area contributed by atoms with E-state index in [-0.39, 0.29) is 43.3 Å². The van der Waals surface area contributed by atoms with Crippen LogP contribution in [0.4, 0.5) is 0 Å². The van der Waals surface area contributed by atoms with Crippen molar-refractivity contribution in [1.29, 1.82) is 0 Å². The number of aromatic amines is 1. The van der Waals surface area contributed by atoms with Crippen LogP contribution in [0.15, 0.2) is 24.8 Å². The van der Waals surface area contributed by atoms with Crippen molar-refractivity contribution in [2.75, 3.05) is 5.33 Å². The lowest BCUT2D eigenvalue weighted by atomic mass is 9.44. The molecule has 16 atom stereocenters. The van der Waals surface area contributed by atoms with E-state index in [0.717, 1.165) is 92.1 Å². The monoisotopic (exact) mass is 953 g/mol. The van der Waals surface area contributed by atoms with Crippen LogP contribution in [-0.2, 0) is 29.3 Å². The van der Waals surface area contributed by atoms with E-state index >= 15 is 0 Å². The second-order valence-corrected chi connectivity index (χ2v) is 24.7. The van der Waals surface area contributed by atoms with Crippen LogP contribution in [-0.4, -0.2) is 68.5 Å². The number of nitrogens with one attached hydrogen (secondary N) is 1. The summed E-state index contributed by atoms with van der Waals surface area (Å²) in [6, 6.07) is 0. The molecule has 0 aromatic carbocycles. The van der Waals surface area contributed by atoms with E-state index in [9.17, 15) is 24.9 Å². The minimum absolute atomic E-state index is 0. The van der Waals surface area contributed by atoms with E-state index in [2.05, 4.69) is 58.9 Å². The number of rotatable bonds is 7. The first-order chi connectivity index (χ1) is 29.8. The normalized spacial score (nSPS) is 45.2. The summed E-state index contributed by atoms with van der Waals surface area (Å²) in [5.41, 5.74) is 1.81. The summed E-state index contributed by atoms with van der Waals surface area (Å²) >= 11 is 3.43. The second-order valence-electron chi connectivity index (χ2n) is 24.1. The van der Waals surface area contributed by atoms with Crippen LogP contribution in [0.25, 0.3) is 0 Å². The van der Waals surface area contributed by atoms with E-state index in [1.54, 1.807) is 29.5 Å². The molecule has 0 spiro atoms. The average molecular weight is 954 g/mol. The van der Waals surface area contributed by atoms with E-state index in [1.807, 2.05) is 13.8 Å². The Kier molecular flexibility index (Phi) is 14.7. The standard InChI is InChI=1S/C26H40N2O3.C22H35BrO2.C4H6N2O.CH4/c1-24(31)10-11-25(2)18(12-24)4-5-19-20-6-7-22(26(20,3)9-8-21(19)25)23(30)15-28-14-17(16-29)13-27-28;1-20(25)10-11-21(2)14(12-20)4-5-15-16-6-7-18(19(24)13-23)22(16,3)9-8-17(15)21;7-3-4-1-5-6-2-4;/h13-14,18-22,29,31H,4-12,15-16H2,1-3H3;14-18,25H,4-13H2,1-3H3;1-2,7H,3H2,(H,5,6);1H4/t18-,19+,20+,21+,22-,24-,25+,26+;14-,15+,16+,17+,18-,20-,21+,22+;;/m11../s1. The van der Waals surface area contributed by atoms with Gasteiger partial charge in [0.05, 0.1) is 48.7 Å². The highest BCUT2D eigenvalue weighted by Gasteiger charge is 2.63. The van der Waals surface area contributed by atoms with Gasteiger partial charge in [0.15, 0.2) is 5.78 Å². The summed E-state index contributed by atoms with van der Waals surface area (Å²) in [7, 11) is 0. The van der Waals surface area contributed by atoms with Crippen molar-refractivity contribution < 1.29 is 30.0 Å². The molecule has 5 N–H and O–H groups in total.